The molecule has 0 amide bonds. The van der Waals surface area contributed by atoms with E-state index in [0.717, 1.165) is 16.9 Å². The molecular weight excluding hydrogens is 308 g/mol. The van der Waals surface area contributed by atoms with E-state index in [2.05, 4.69) is 10.2 Å². The molecule has 0 spiro atoms. The highest BCUT2D eigenvalue weighted by Crippen LogP contribution is 2.19. The summed E-state index contributed by atoms with van der Waals surface area (Å²) in [4.78, 5) is 12.2. The van der Waals surface area contributed by atoms with Gasteiger partial charge >= 0.3 is 0 Å². The molecule has 0 radical (unpaired) electrons. The number of rotatable bonds is 5. The van der Waals surface area contributed by atoms with Crippen molar-refractivity contribution in [1.29, 1.82) is 0 Å². The van der Waals surface area contributed by atoms with Crippen molar-refractivity contribution in [1.82, 2.24) is 19.6 Å². The normalized spacial score (nSPS) is 12.5. The lowest BCUT2D eigenvalue weighted by atomic mass is 10.1. The first kappa shape index (κ1) is 16.2. The van der Waals surface area contributed by atoms with E-state index < -0.39 is 6.10 Å². The van der Waals surface area contributed by atoms with E-state index in [-0.39, 0.29) is 18.7 Å². The molecule has 0 bridgehead atoms. The molecule has 0 aliphatic carbocycles. The molecule has 3 aromatic rings. The van der Waals surface area contributed by atoms with Gasteiger partial charge in [-0.25, -0.2) is 4.68 Å². The van der Waals surface area contributed by atoms with Gasteiger partial charge in [0.25, 0.3) is 5.56 Å². The molecule has 1 aromatic carbocycles. The predicted molar refractivity (Wildman–Crippen MR) is 90.2 cm³/mol. The molecule has 2 aromatic heterocycles. The number of fused-ring (bicyclic) bond motifs is 1. The maximum absolute atomic E-state index is 12.2. The Morgan fingerprint density at radius 3 is 2.79 bits per heavy atom. The molecule has 0 aliphatic heterocycles. The lowest BCUT2D eigenvalue weighted by molar-refractivity contribution is 0.0901. The van der Waals surface area contributed by atoms with Crippen molar-refractivity contribution in [3.63, 3.8) is 0 Å². The number of aliphatic hydroxyl groups excluding tert-OH is 1. The summed E-state index contributed by atoms with van der Waals surface area (Å²) in [5.74, 6) is 0.750. The first-order valence-corrected chi connectivity index (χ1v) is 7.71. The second-order valence-corrected chi connectivity index (χ2v) is 5.94. The fourth-order valence-electron chi connectivity index (χ4n) is 2.52. The minimum Gasteiger partial charge on any atom is -0.491 e. The van der Waals surface area contributed by atoms with Crippen LogP contribution in [-0.2, 0) is 13.6 Å². The molecule has 7 nitrogen and oxygen atoms in total. The molecule has 0 saturated heterocycles. The fourth-order valence-corrected chi connectivity index (χ4v) is 2.52. The van der Waals surface area contributed by atoms with E-state index in [0.29, 0.717) is 10.9 Å². The number of aromatic nitrogens is 4. The van der Waals surface area contributed by atoms with Crippen molar-refractivity contribution < 1.29 is 9.84 Å². The lowest BCUT2D eigenvalue weighted by Crippen LogP contribution is -2.27. The van der Waals surface area contributed by atoms with Gasteiger partial charge in [-0.1, -0.05) is 12.1 Å². The molecule has 0 fully saturated rings. The van der Waals surface area contributed by atoms with Crippen LogP contribution in [0.25, 0.3) is 10.9 Å². The smallest absolute Gasteiger partial charge is 0.292 e. The molecule has 3 rings (SSSR count). The summed E-state index contributed by atoms with van der Waals surface area (Å²) in [5.41, 5.74) is 2.29. The van der Waals surface area contributed by atoms with E-state index in [1.54, 1.807) is 19.4 Å². The first-order chi connectivity index (χ1) is 11.5. The van der Waals surface area contributed by atoms with E-state index >= 15 is 0 Å². The maximum atomic E-state index is 12.2. The van der Waals surface area contributed by atoms with Crippen molar-refractivity contribution in [2.45, 2.75) is 26.5 Å². The molecule has 0 unspecified atom stereocenters. The summed E-state index contributed by atoms with van der Waals surface area (Å²) in [7, 11) is 1.58. The molecule has 1 atom stereocenters. The highest BCUT2D eigenvalue weighted by molar-refractivity contribution is 5.76. The van der Waals surface area contributed by atoms with Gasteiger partial charge in [-0.3, -0.25) is 9.48 Å². The molecular formula is C17H20N4O3. The number of aliphatic hydroxyl groups is 1. The number of nitrogens with zero attached hydrogens (tertiary/aromatic N) is 4. The van der Waals surface area contributed by atoms with Crippen LogP contribution in [0, 0.1) is 13.8 Å². The average Bonchev–Trinajstić information content (AvgIpc) is 2.95. The van der Waals surface area contributed by atoms with Gasteiger partial charge in [0, 0.05) is 12.4 Å². The zero-order valence-corrected chi connectivity index (χ0v) is 13.9. The summed E-state index contributed by atoms with van der Waals surface area (Å²) in [5, 5.41) is 19.0. The zero-order valence-electron chi connectivity index (χ0n) is 13.9. The molecule has 24 heavy (non-hydrogen) atoms. The third-order valence-corrected chi connectivity index (χ3v) is 3.89. The van der Waals surface area contributed by atoms with Crippen molar-refractivity contribution in [2.24, 2.45) is 7.05 Å². The number of hydrogen-bond donors (Lipinski definition) is 1. The molecule has 126 valence electrons. The molecule has 2 heterocycles. The maximum Gasteiger partial charge on any atom is 0.292 e. The van der Waals surface area contributed by atoms with Gasteiger partial charge in [0.15, 0.2) is 0 Å². The predicted octanol–water partition coefficient (Wildman–Crippen LogP) is 1.19. The Morgan fingerprint density at radius 1 is 1.25 bits per heavy atom. The van der Waals surface area contributed by atoms with Gasteiger partial charge in [0.05, 0.1) is 18.9 Å². The minimum absolute atomic E-state index is 0.122. The SMILES string of the molecule is Cc1ccc(C)c(OC[C@H](O)Cn2ncc3cnn(C)c(=O)c32)c1. The van der Waals surface area contributed by atoms with Gasteiger partial charge in [-0.2, -0.15) is 10.2 Å². The van der Waals surface area contributed by atoms with Crippen LogP contribution in [0.2, 0.25) is 0 Å². The average molecular weight is 328 g/mol. The van der Waals surface area contributed by atoms with E-state index in [4.69, 9.17) is 4.74 Å². The van der Waals surface area contributed by atoms with Gasteiger partial charge in [0.2, 0.25) is 0 Å². The van der Waals surface area contributed by atoms with Gasteiger partial charge in [-0.05, 0) is 31.0 Å². The Labute approximate surface area is 139 Å². The monoisotopic (exact) mass is 328 g/mol. The Kier molecular flexibility index (Phi) is 4.35. The van der Waals surface area contributed by atoms with Gasteiger partial charge in [-0.15, -0.1) is 0 Å². The number of hydrogen-bond acceptors (Lipinski definition) is 5. The second kappa shape index (κ2) is 6.45. The highest BCUT2D eigenvalue weighted by Gasteiger charge is 2.14. The van der Waals surface area contributed by atoms with E-state index in [1.807, 2.05) is 32.0 Å². The molecule has 0 aliphatic rings. The van der Waals surface area contributed by atoms with Gasteiger partial charge in [0.1, 0.15) is 24.0 Å². The van der Waals surface area contributed by atoms with Crippen molar-refractivity contribution in [3.05, 3.63) is 52.1 Å². The number of aryl methyl sites for hydroxylation is 3. The summed E-state index contributed by atoms with van der Waals surface area (Å²) in [6.45, 7) is 4.24. The number of ether oxygens (including phenoxy) is 1. The Bertz CT molecular complexity index is 929. The quantitative estimate of drug-likeness (QED) is 0.761. The molecule has 7 heteroatoms. The van der Waals surface area contributed by atoms with E-state index in [9.17, 15) is 9.90 Å². The third kappa shape index (κ3) is 3.16. The van der Waals surface area contributed by atoms with Crippen LogP contribution in [0.5, 0.6) is 5.75 Å². The molecule has 1 N–H and O–H groups in total. The topological polar surface area (TPSA) is 82.2 Å². The van der Waals surface area contributed by atoms with Crippen molar-refractivity contribution in [3.8, 4) is 5.75 Å². The Balaban J connectivity index is 1.74. The lowest BCUT2D eigenvalue weighted by Gasteiger charge is -2.15. The first-order valence-electron chi connectivity index (χ1n) is 7.71. The zero-order chi connectivity index (χ0) is 17.3. The summed E-state index contributed by atoms with van der Waals surface area (Å²) >= 11 is 0. The Hall–Kier alpha value is -2.67. The Morgan fingerprint density at radius 2 is 2.00 bits per heavy atom. The van der Waals surface area contributed by atoms with Crippen molar-refractivity contribution in [2.75, 3.05) is 6.61 Å². The van der Waals surface area contributed by atoms with Crippen LogP contribution in [0.4, 0.5) is 0 Å². The van der Waals surface area contributed by atoms with Crippen LogP contribution < -0.4 is 10.3 Å². The van der Waals surface area contributed by atoms with E-state index in [1.165, 1.54) is 9.36 Å². The van der Waals surface area contributed by atoms with Crippen LogP contribution in [0.1, 0.15) is 11.1 Å². The second-order valence-electron chi connectivity index (χ2n) is 5.94. The van der Waals surface area contributed by atoms with Crippen LogP contribution >= 0.6 is 0 Å². The summed E-state index contributed by atoms with van der Waals surface area (Å²) in [6.07, 6.45) is 2.37. The van der Waals surface area contributed by atoms with Gasteiger partial charge < -0.3 is 9.84 Å². The van der Waals surface area contributed by atoms with Crippen LogP contribution in [0.15, 0.2) is 35.4 Å². The largest absolute Gasteiger partial charge is 0.491 e. The van der Waals surface area contributed by atoms with Crippen molar-refractivity contribution >= 4 is 10.9 Å². The summed E-state index contributed by atoms with van der Waals surface area (Å²) in [6, 6.07) is 5.93. The third-order valence-electron chi connectivity index (χ3n) is 3.89. The minimum atomic E-state index is -0.786. The molecule has 0 saturated carbocycles. The fraction of sp³-hybridized carbons (Fsp3) is 0.353. The van der Waals surface area contributed by atoms with Crippen LogP contribution in [0.3, 0.4) is 0 Å². The number of benzene rings is 1. The summed E-state index contributed by atoms with van der Waals surface area (Å²) < 4.78 is 8.45. The highest BCUT2D eigenvalue weighted by atomic mass is 16.5. The van der Waals surface area contributed by atoms with Crippen LogP contribution in [-0.4, -0.2) is 37.4 Å². The standard InChI is InChI=1S/C17H20N4O3/c1-11-4-5-12(2)15(6-11)24-10-14(22)9-21-16-13(8-19-21)7-18-20(3)17(16)23/h4-8,14,22H,9-10H2,1-3H3/t14-/m1/s1.